The minimum absolute atomic E-state index is 0.0321. The number of carbonyl (C=O) groups excluding carboxylic acids is 2. The van der Waals surface area contributed by atoms with Crippen molar-refractivity contribution >= 4 is 11.8 Å². The second kappa shape index (κ2) is 7.62. The fourth-order valence-corrected chi connectivity index (χ4v) is 2.53. The van der Waals surface area contributed by atoms with E-state index in [0.29, 0.717) is 6.42 Å². The van der Waals surface area contributed by atoms with E-state index in [1.165, 1.54) is 4.90 Å². The van der Waals surface area contributed by atoms with E-state index in [-0.39, 0.29) is 17.2 Å². The normalized spacial score (nSPS) is 16.2. The van der Waals surface area contributed by atoms with E-state index in [0.717, 1.165) is 6.42 Å². The Bertz CT molecular complexity index is 340. The molecule has 20 heavy (non-hydrogen) atoms. The van der Waals surface area contributed by atoms with Crippen LogP contribution in [0.5, 0.6) is 0 Å². The lowest BCUT2D eigenvalue weighted by molar-refractivity contribution is -0.148. The van der Waals surface area contributed by atoms with Crippen LogP contribution in [0.3, 0.4) is 0 Å². The van der Waals surface area contributed by atoms with Gasteiger partial charge < -0.3 is 4.90 Å². The average molecular weight is 286 g/mol. The summed E-state index contributed by atoms with van der Waals surface area (Å²) in [6.07, 6.45) is 1.43. The van der Waals surface area contributed by atoms with Gasteiger partial charge in [-0.2, -0.15) is 0 Å². The number of amides is 2. The zero-order valence-corrected chi connectivity index (χ0v) is 13.9. The molecule has 0 aromatic carbocycles. The molecule has 0 heterocycles. The van der Waals surface area contributed by atoms with Gasteiger partial charge in [0.1, 0.15) is 0 Å². The maximum Gasteiger partial charge on any atom is 0.247 e. The van der Waals surface area contributed by atoms with Crippen LogP contribution < -0.4 is 5.48 Å². The fourth-order valence-electron chi connectivity index (χ4n) is 2.53. The van der Waals surface area contributed by atoms with Crippen molar-refractivity contribution in [1.29, 1.82) is 0 Å². The van der Waals surface area contributed by atoms with Crippen molar-refractivity contribution in [2.24, 2.45) is 23.2 Å². The second-order valence-corrected chi connectivity index (χ2v) is 6.38. The van der Waals surface area contributed by atoms with Crippen LogP contribution in [0.4, 0.5) is 0 Å². The fraction of sp³-hybridized carbons (Fsp3) is 0.867. The first-order chi connectivity index (χ1) is 9.13. The highest BCUT2D eigenvalue weighted by Crippen LogP contribution is 2.40. The van der Waals surface area contributed by atoms with Crippen LogP contribution in [0.15, 0.2) is 0 Å². The molecule has 0 saturated carbocycles. The van der Waals surface area contributed by atoms with Crippen LogP contribution in [0, 0.1) is 23.2 Å². The molecule has 0 spiro atoms. The zero-order chi connectivity index (χ0) is 16.1. The summed E-state index contributed by atoms with van der Waals surface area (Å²) in [5.74, 6) is -1.46. The lowest BCUT2D eigenvalue weighted by Crippen LogP contribution is -2.47. The Morgan fingerprint density at radius 3 is 2.05 bits per heavy atom. The number of hydroxylamine groups is 1. The van der Waals surface area contributed by atoms with Gasteiger partial charge in [0.05, 0.1) is 11.8 Å². The molecule has 2 N–H and O–H groups in total. The molecule has 0 saturated heterocycles. The summed E-state index contributed by atoms with van der Waals surface area (Å²) in [5, 5.41) is 8.92. The van der Waals surface area contributed by atoms with Gasteiger partial charge in [-0.25, -0.2) is 5.48 Å². The van der Waals surface area contributed by atoms with Crippen molar-refractivity contribution in [3.8, 4) is 0 Å². The van der Waals surface area contributed by atoms with Gasteiger partial charge in [0.25, 0.3) is 0 Å². The van der Waals surface area contributed by atoms with Crippen LogP contribution in [0.25, 0.3) is 0 Å². The predicted molar refractivity (Wildman–Crippen MR) is 79.1 cm³/mol. The first kappa shape index (κ1) is 18.9. The molecule has 0 aliphatic rings. The molecule has 118 valence electrons. The minimum atomic E-state index is -0.518. The number of carbonyl (C=O) groups is 2. The summed E-state index contributed by atoms with van der Waals surface area (Å²) < 4.78 is 0. The van der Waals surface area contributed by atoms with Crippen LogP contribution in [0.1, 0.15) is 47.5 Å². The van der Waals surface area contributed by atoms with Crippen molar-refractivity contribution in [1.82, 2.24) is 10.4 Å². The monoisotopic (exact) mass is 286 g/mol. The van der Waals surface area contributed by atoms with Crippen LogP contribution in [-0.4, -0.2) is 36.0 Å². The third-order valence-electron chi connectivity index (χ3n) is 4.73. The first-order valence-corrected chi connectivity index (χ1v) is 7.29. The number of nitrogens with zero attached hydrogens (tertiary/aromatic N) is 1. The largest absolute Gasteiger partial charge is 0.349 e. The van der Waals surface area contributed by atoms with Gasteiger partial charge in [-0.1, -0.05) is 41.0 Å². The molecule has 3 unspecified atom stereocenters. The van der Waals surface area contributed by atoms with Crippen LogP contribution >= 0.6 is 0 Å². The highest BCUT2D eigenvalue weighted by molar-refractivity contribution is 5.87. The minimum Gasteiger partial charge on any atom is -0.349 e. The molecule has 0 bridgehead atoms. The predicted octanol–water partition coefficient (Wildman–Crippen LogP) is 2.29. The number of rotatable bonds is 7. The van der Waals surface area contributed by atoms with E-state index in [1.807, 2.05) is 13.8 Å². The molecule has 2 amide bonds. The summed E-state index contributed by atoms with van der Waals surface area (Å²) in [7, 11) is 3.40. The Hall–Kier alpha value is -1.10. The van der Waals surface area contributed by atoms with Crippen LogP contribution in [-0.2, 0) is 9.59 Å². The molecular formula is C15H30N2O3. The van der Waals surface area contributed by atoms with Gasteiger partial charge in [0, 0.05) is 14.1 Å². The topological polar surface area (TPSA) is 69.6 Å². The van der Waals surface area contributed by atoms with Crippen molar-refractivity contribution in [2.45, 2.75) is 47.5 Å². The molecule has 0 aliphatic heterocycles. The Morgan fingerprint density at radius 1 is 1.25 bits per heavy atom. The first-order valence-electron chi connectivity index (χ1n) is 7.29. The summed E-state index contributed by atoms with van der Waals surface area (Å²) in [6.45, 7) is 10.2. The number of nitrogens with one attached hydrogen (secondary N) is 1. The average Bonchev–Trinajstić information content (AvgIpc) is 2.42. The highest BCUT2D eigenvalue weighted by atomic mass is 16.5. The maximum atomic E-state index is 12.5. The Labute approximate surface area is 122 Å². The van der Waals surface area contributed by atoms with Crippen molar-refractivity contribution in [3.05, 3.63) is 0 Å². The number of hydrogen-bond acceptors (Lipinski definition) is 3. The molecule has 0 aromatic rings. The van der Waals surface area contributed by atoms with Gasteiger partial charge in [0.15, 0.2) is 0 Å². The SMILES string of the molecule is CCC(C(=O)NO)C(C(=O)N(C)C)C(C)C(C)(C)CC. The van der Waals surface area contributed by atoms with E-state index in [1.54, 1.807) is 19.6 Å². The van der Waals surface area contributed by atoms with E-state index in [2.05, 4.69) is 20.8 Å². The Kier molecular flexibility index (Phi) is 7.20. The molecule has 0 aliphatic carbocycles. The smallest absolute Gasteiger partial charge is 0.247 e. The third kappa shape index (κ3) is 4.20. The molecule has 0 aromatic heterocycles. The van der Waals surface area contributed by atoms with Gasteiger partial charge in [0.2, 0.25) is 11.8 Å². The summed E-state index contributed by atoms with van der Waals surface area (Å²) in [5.41, 5.74) is 1.65. The van der Waals surface area contributed by atoms with Gasteiger partial charge in [-0.3, -0.25) is 14.8 Å². The van der Waals surface area contributed by atoms with E-state index >= 15 is 0 Å². The van der Waals surface area contributed by atoms with Gasteiger partial charge in [-0.15, -0.1) is 0 Å². The summed E-state index contributed by atoms with van der Waals surface area (Å²) >= 11 is 0. The van der Waals surface area contributed by atoms with Crippen molar-refractivity contribution < 1.29 is 14.8 Å². The molecule has 0 radical (unpaired) electrons. The van der Waals surface area contributed by atoms with E-state index in [9.17, 15) is 9.59 Å². The molecule has 0 fully saturated rings. The second-order valence-electron chi connectivity index (χ2n) is 6.38. The molecule has 3 atom stereocenters. The standard InChI is InChI=1S/C15H30N2O3/c1-8-11(13(18)16-20)12(14(19)17(6)7)10(3)15(4,5)9-2/h10-12,20H,8-9H2,1-7H3,(H,16,18). The molecule has 5 nitrogen and oxygen atoms in total. The quantitative estimate of drug-likeness (QED) is 0.557. The molecular weight excluding hydrogens is 256 g/mol. The summed E-state index contributed by atoms with van der Waals surface area (Å²) in [4.78, 5) is 26.0. The van der Waals surface area contributed by atoms with Crippen molar-refractivity contribution in [2.75, 3.05) is 14.1 Å². The van der Waals surface area contributed by atoms with Gasteiger partial charge in [-0.05, 0) is 17.8 Å². The van der Waals surface area contributed by atoms with Crippen LogP contribution in [0.2, 0.25) is 0 Å². The zero-order valence-electron chi connectivity index (χ0n) is 13.9. The molecule has 0 rings (SSSR count). The third-order valence-corrected chi connectivity index (χ3v) is 4.73. The number of hydrogen-bond donors (Lipinski definition) is 2. The lowest BCUT2D eigenvalue weighted by atomic mass is 9.66. The molecule has 5 heteroatoms. The highest BCUT2D eigenvalue weighted by Gasteiger charge is 2.42. The van der Waals surface area contributed by atoms with E-state index in [4.69, 9.17) is 5.21 Å². The Balaban J connectivity index is 5.59. The maximum absolute atomic E-state index is 12.5. The van der Waals surface area contributed by atoms with Gasteiger partial charge >= 0.3 is 0 Å². The van der Waals surface area contributed by atoms with E-state index < -0.39 is 17.7 Å². The summed E-state index contributed by atoms with van der Waals surface area (Å²) in [6, 6.07) is 0. The lowest BCUT2D eigenvalue weighted by Gasteiger charge is -2.39. The van der Waals surface area contributed by atoms with Crippen molar-refractivity contribution in [3.63, 3.8) is 0 Å². The Morgan fingerprint density at radius 2 is 1.75 bits per heavy atom.